The first-order valence-corrected chi connectivity index (χ1v) is 12.0. The molecule has 5 heteroatoms. The standard InChI is InChI=1S/C26H37F3O2/c1-3-5-6-7-18-8-10-19(11-9-18)22-14-12-20(17-31-22)21-13-15-23(30-16-4-2)24(25(21)27)26(28)29/h4,13,15,18-20,22,26H,2-3,5-12,14,16-17H2,1H3. The van der Waals surface area contributed by atoms with Crippen molar-refractivity contribution in [2.24, 2.45) is 11.8 Å². The molecule has 1 saturated heterocycles. The number of ether oxygens (including phenoxy) is 2. The van der Waals surface area contributed by atoms with Crippen LogP contribution in [0.4, 0.5) is 13.2 Å². The van der Waals surface area contributed by atoms with Crippen LogP contribution < -0.4 is 4.74 Å². The van der Waals surface area contributed by atoms with E-state index in [4.69, 9.17) is 9.47 Å². The van der Waals surface area contributed by atoms with Gasteiger partial charge in [0.15, 0.2) is 0 Å². The monoisotopic (exact) mass is 438 g/mol. The molecule has 2 unspecified atom stereocenters. The van der Waals surface area contributed by atoms with Gasteiger partial charge in [-0.1, -0.05) is 64.2 Å². The maximum Gasteiger partial charge on any atom is 0.270 e. The number of benzene rings is 1. The lowest BCUT2D eigenvalue weighted by molar-refractivity contribution is -0.0441. The van der Waals surface area contributed by atoms with E-state index in [0.29, 0.717) is 18.1 Å². The minimum Gasteiger partial charge on any atom is -0.489 e. The maximum atomic E-state index is 15.0. The van der Waals surface area contributed by atoms with Crippen molar-refractivity contribution in [1.29, 1.82) is 0 Å². The van der Waals surface area contributed by atoms with Crippen LogP contribution >= 0.6 is 0 Å². The van der Waals surface area contributed by atoms with Gasteiger partial charge in [0.2, 0.25) is 0 Å². The highest BCUT2D eigenvalue weighted by molar-refractivity contribution is 5.41. The van der Waals surface area contributed by atoms with Gasteiger partial charge >= 0.3 is 0 Å². The summed E-state index contributed by atoms with van der Waals surface area (Å²) in [5, 5.41) is 0. The van der Waals surface area contributed by atoms with E-state index in [0.717, 1.165) is 18.8 Å². The third-order valence-electron chi connectivity index (χ3n) is 7.13. The third-order valence-corrected chi connectivity index (χ3v) is 7.13. The van der Waals surface area contributed by atoms with Crippen LogP contribution in [0.3, 0.4) is 0 Å². The van der Waals surface area contributed by atoms with Gasteiger partial charge in [-0.3, -0.25) is 0 Å². The summed E-state index contributed by atoms with van der Waals surface area (Å²) in [6, 6.07) is 3.03. The summed E-state index contributed by atoms with van der Waals surface area (Å²) in [5.74, 6) is 0.299. The Bertz CT molecular complexity index is 690. The predicted octanol–water partition coefficient (Wildman–Crippen LogP) is 7.98. The van der Waals surface area contributed by atoms with Gasteiger partial charge in [-0.15, -0.1) is 0 Å². The van der Waals surface area contributed by atoms with Gasteiger partial charge in [-0.2, -0.15) is 0 Å². The second-order valence-corrected chi connectivity index (χ2v) is 9.20. The molecule has 0 bridgehead atoms. The van der Waals surface area contributed by atoms with Crippen molar-refractivity contribution in [2.75, 3.05) is 13.2 Å². The summed E-state index contributed by atoms with van der Waals surface area (Å²) in [4.78, 5) is 0. The van der Waals surface area contributed by atoms with Crippen LogP contribution in [0.15, 0.2) is 24.8 Å². The number of rotatable bonds is 10. The highest BCUT2D eigenvalue weighted by Gasteiger charge is 2.34. The van der Waals surface area contributed by atoms with Crippen molar-refractivity contribution in [2.45, 2.75) is 89.6 Å². The number of hydrogen-bond donors (Lipinski definition) is 0. The molecule has 1 saturated carbocycles. The lowest BCUT2D eigenvalue weighted by atomic mass is 9.75. The number of hydrogen-bond acceptors (Lipinski definition) is 2. The molecule has 0 aromatic heterocycles. The van der Waals surface area contributed by atoms with Crippen molar-refractivity contribution in [3.63, 3.8) is 0 Å². The Kier molecular flexibility index (Phi) is 9.30. The Morgan fingerprint density at radius 3 is 2.52 bits per heavy atom. The summed E-state index contributed by atoms with van der Waals surface area (Å²) in [5.41, 5.74) is -0.331. The second kappa shape index (κ2) is 11.9. The topological polar surface area (TPSA) is 18.5 Å². The summed E-state index contributed by atoms with van der Waals surface area (Å²) in [7, 11) is 0. The Labute approximate surface area is 185 Å². The Balaban J connectivity index is 1.55. The highest BCUT2D eigenvalue weighted by atomic mass is 19.3. The van der Waals surface area contributed by atoms with Gasteiger partial charge in [0, 0.05) is 5.92 Å². The molecule has 1 aromatic carbocycles. The molecule has 0 spiro atoms. The SMILES string of the molecule is C=CCOc1ccc(C2CCC(C3CCC(CCCCC)CC3)OC2)c(F)c1C(F)F. The average Bonchev–Trinajstić information content (AvgIpc) is 2.78. The molecule has 174 valence electrons. The molecule has 2 aliphatic rings. The largest absolute Gasteiger partial charge is 0.489 e. The van der Waals surface area contributed by atoms with E-state index < -0.39 is 17.8 Å². The van der Waals surface area contributed by atoms with Gasteiger partial charge in [0.25, 0.3) is 6.43 Å². The molecule has 0 N–H and O–H groups in total. The summed E-state index contributed by atoms with van der Waals surface area (Å²) < 4.78 is 53.4. The van der Waals surface area contributed by atoms with E-state index in [-0.39, 0.29) is 24.4 Å². The van der Waals surface area contributed by atoms with Crippen LogP contribution in [0.1, 0.15) is 94.6 Å². The highest BCUT2D eigenvalue weighted by Crippen LogP contribution is 2.41. The van der Waals surface area contributed by atoms with Gasteiger partial charge in [-0.05, 0) is 49.1 Å². The number of alkyl halides is 2. The van der Waals surface area contributed by atoms with Gasteiger partial charge in [0.05, 0.1) is 18.3 Å². The van der Waals surface area contributed by atoms with Crippen molar-refractivity contribution >= 4 is 0 Å². The smallest absolute Gasteiger partial charge is 0.270 e. The fourth-order valence-electron chi connectivity index (χ4n) is 5.31. The van der Waals surface area contributed by atoms with Crippen LogP contribution in [-0.4, -0.2) is 19.3 Å². The first kappa shape index (κ1) is 24.2. The molecule has 1 aromatic rings. The fraction of sp³-hybridized carbons (Fsp3) is 0.692. The van der Waals surface area contributed by atoms with Gasteiger partial charge < -0.3 is 9.47 Å². The van der Waals surface area contributed by atoms with Crippen LogP contribution in [0.5, 0.6) is 5.75 Å². The molecule has 0 radical (unpaired) electrons. The molecule has 31 heavy (non-hydrogen) atoms. The molecule has 1 aliphatic heterocycles. The molecule has 3 rings (SSSR count). The van der Waals surface area contributed by atoms with E-state index in [1.54, 1.807) is 6.07 Å². The molecule has 2 fully saturated rings. The second-order valence-electron chi connectivity index (χ2n) is 9.20. The zero-order valence-corrected chi connectivity index (χ0v) is 18.8. The molecule has 1 heterocycles. The number of unbranched alkanes of at least 4 members (excludes halogenated alkanes) is 2. The molecule has 0 amide bonds. The summed E-state index contributed by atoms with van der Waals surface area (Å²) in [6.45, 7) is 6.21. The minimum absolute atomic E-state index is 0.0631. The Morgan fingerprint density at radius 1 is 1.13 bits per heavy atom. The lowest BCUT2D eigenvalue weighted by Crippen LogP contribution is -2.33. The maximum absolute atomic E-state index is 15.0. The van der Waals surface area contributed by atoms with E-state index in [9.17, 15) is 13.2 Å². The van der Waals surface area contributed by atoms with Crippen molar-refractivity contribution in [3.8, 4) is 5.75 Å². The lowest BCUT2D eigenvalue weighted by Gasteiger charge is -2.38. The quantitative estimate of drug-likeness (QED) is 0.272. The van der Waals surface area contributed by atoms with Crippen LogP contribution in [0.2, 0.25) is 0 Å². The zero-order valence-electron chi connectivity index (χ0n) is 18.8. The molecule has 1 aliphatic carbocycles. The predicted molar refractivity (Wildman–Crippen MR) is 118 cm³/mol. The first-order valence-electron chi connectivity index (χ1n) is 12.0. The van der Waals surface area contributed by atoms with Crippen LogP contribution in [0, 0.1) is 17.7 Å². The number of halogens is 3. The third kappa shape index (κ3) is 6.27. The average molecular weight is 439 g/mol. The van der Waals surface area contributed by atoms with Crippen molar-refractivity contribution in [3.05, 3.63) is 41.7 Å². The van der Waals surface area contributed by atoms with E-state index in [1.807, 2.05) is 0 Å². The van der Waals surface area contributed by atoms with E-state index >= 15 is 0 Å². The van der Waals surface area contributed by atoms with Crippen molar-refractivity contribution in [1.82, 2.24) is 0 Å². The molecule has 2 atom stereocenters. The Morgan fingerprint density at radius 2 is 1.90 bits per heavy atom. The minimum atomic E-state index is -2.93. The van der Waals surface area contributed by atoms with Crippen molar-refractivity contribution < 1.29 is 22.6 Å². The molecular weight excluding hydrogens is 401 g/mol. The fourth-order valence-corrected chi connectivity index (χ4v) is 5.31. The summed E-state index contributed by atoms with van der Waals surface area (Å²) in [6.07, 6.45) is 10.7. The van der Waals surface area contributed by atoms with E-state index in [2.05, 4.69) is 13.5 Å². The first-order chi connectivity index (χ1) is 15.0. The normalized spacial score (nSPS) is 26.7. The summed E-state index contributed by atoms with van der Waals surface area (Å²) >= 11 is 0. The zero-order chi connectivity index (χ0) is 22.2. The van der Waals surface area contributed by atoms with Crippen LogP contribution in [0.25, 0.3) is 0 Å². The molecular formula is C26H37F3O2. The van der Waals surface area contributed by atoms with Crippen LogP contribution in [-0.2, 0) is 4.74 Å². The van der Waals surface area contributed by atoms with E-state index in [1.165, 1.54) is 63.5 Å². The van der Waals surface area contributed by atoms with Gasteiger partial charge in [-0.25, -0.2) is 13.2 Å². The molecule has 2 nitrogen and oxygen atoms in total. The Hall–Kier alpha value is -1.49. The van der Waals surface area contributed by atoms with Gasteiger partial charge in [0.1, 0.15) is 18.2 Å².